The van der Waals surface area contributed by atoms with Gasteiger partial charge in [-0.15, -0.1) is 0 Å². The second kappa shape index (κ2) is 3.23. The minimum absolute atomic E-state index is 0.117. The van der Waals surface area contributed by atoms with E-state index in [-0.39, 0.29) is 5.54 Å². The van der Waals surface area contributed by atoms with Crippen LogP contribution in [0.4, 0.5) is 0 Å². The van der Waals surface area contributed by atoms with Crippen molar-refractivity contribution in [2.75, 3.05) is 0 Å². The summed E-state index contributed by atoms with van der Waals surface area (Å²) >= 11 is 0. The van der Waals surface area contributed by atoms with Crippen LogP contribution in [0.1, 0.15) is 59.3 Å². The van der Waals surface area contributed by atoms with Gasteiger partial charge >= 0.3 is 0 Å². The summed E-state index contributed by atoms with van der Waals surface area (Å²) in [5.41, 5.74) is 0.471. The van der Waals surface area contributed by atoms with Crippen molar-refractivity contribution < 1.29 is 0 Å². The van der Waals surface area contributed by atoms with Crippen molar-refractivity contribution in [3.8, 4) is 0 Å². The van der Waals surface area contributed by atoms with E-state index in [0.717, 1.165) is 17.8 Å². The Hall–Kier alpha value is -0.0800. The van der Waals surface area contributed by atoms with Gasteiger partial charge < -0.3 is 0 Å². The zero-order valence-electron chi connectivity index (χ0n) is 11.0. The number of rotatable bonds is 1. The van der Waals surface area contributed by atoms with E-state index in [9.17, 15) is 0 Å². The summed E-state index contributed by atoms with van der Waals surface area (Å²) in [5, 5.41) is 2.23. The first-order chi connectivity index (χ1) is 7.39. The van der Waals surface area contributed by atoms with E-state index >= 15 is 0 Å². The molecule has 16 heavy (non-hydrogen) atoms. The highest BCUT2D eigenvalue weighted by Gasteiger charge is 2.54. The SMILES string of the molecule is CC(C)(C)N(N)C12CC3CC(CC(C3)C1)C2. The van der Waals surface area contributed by atoms with E-state index < -0.39 is 0 Å². The number of hydrogen-bond donors (Lipinski definition) is 1. The largest absolute Gasteiger partial charge is 0.268 e. The molecule has 92 valence electrons. The van der Waals surface area contributed by atoms with Crippen LogP contribution >= 0.6 is 0 Å². The van der Waals surface area contributed by atoms with Crippen LogP contribution in [0.3, 0.4) is 0 Å². The highest BCUT2D eigenvalue weighted by Crippen LogP contribution is 2.58. The van der Waals surface area contributed by atoms with Crippen molar-refractivity contribution in [2.45, 2.75) is 70.4 Å². The minimum atomic E-state index is 0.117. The first-order valence-electron chi connectivity index (χ1n) is 6.94. The lowest BCUT2D eigenvalue weighted by molar-refractivity contribution is -0.121. The summed E-state index contributed by atoms with van der Waals surface area (Å²) in [6.07, 6.45) is 8.60. The zero-order valence-corrected chi connectivity index (χ0v) is 11.0. The Balaban J connectivity index is 1.88. The van der Waals surface area contributed by atoms with Crippen LogP contribution < -0.4 is 5.84 Å². The molecule has 4 saturated carbocycles. The quantitative estimate of drug-likeness (QED) is 0.546. The van der Waals surface area contributed by atoms with Gasteiger partial charge in [-0.25, -0.2) is 5.01 Å². The molecule has 4 rings (SSSR count). The molecular formula is C14H26N2. The lowest BCUT2D eigenvalue weighted by Gasteiger charge is -2.61. The topological polar surface area (TPSA) is 29.3 Å². The van der Waals surface area contributed by atoms with Crippen LogP contribution in [0.15, 0.2) is 0 Å². The molecule has 0 saturated heterocycles. The average molecular weight is 222 g/mol. The molecule has 4 aliphatic carbocycles. The number of nitrogens with two attached hydrogens (primary N) is 1. The van der Waals surface area contributed by atoms with Gasteiger partial charge in [0.1, 0.15) is 0 Å². The third kappa shape index (κ3) is 1.53. The number of hydrogen-bond acceptors (Lipinski definition) is 2. The lowest BCUT2D eigenvalue weighted by atomic mass is 9.52. The highest BCUT2D eigenvalue weighted by atomic mass is 15.5. The predicted molar refractivity (Wildman–Crippen MR) is 66.7 cm³/mol. The maximum atomic E-state index is 6.48. The molecule has 4 aliphatic rings. The van der Waals surface area contributed by atoms with E-state index in [4.69, 9.17) is 5.84 Å². The Bertz CT molecular complexity index is 254. The van der Waals surface area contributed by atoms with Crippen molar-refractivity contribution in [3.63, 3.8) is 0 Å². The first kappa shape index (κ1) is 11.0. The van der Waals surface area contributed by atoms with Crippen LogP contribution in [-0.2, 0) is 0 Å². The molecule has 0 atom stereocenters. The Morgan fingerprint density at radius 1 is 0.938 bits per heavy atom. The summed E-state index contributed by atoms with van der Waals surface area (Å²) in [4.78, 5) is 0. The maximum absolute atomic E-state index is 6.48. The Morgan fingerprint density at radius 2 is 1.31 bits per heavy atom. The third-order valence-corrected chi connectivity index (χ3v) is 5.24. The standard InChI is InChI=1S/C14H26N2/c1-13(2,3)16(15)14-7-10-4-11(8-14)6-12(5-10)9-14/h10-12H,4-9,15H2,1-3H3. The normalized spacial score (nSPS) is 46.7. The first-order valence-corrected chi connectivity index (χ1v) is 6.94. The Morgan fingerprint density at radius 3 is 1.62 bits per heavy atom. The van der Waals surface area contributed by atoms with Gasteiger partial charge in [0.15, 0.2) is 0 Å². The fourth-order valence-electron chi connectivity index (χ4n) is 5.07. The number of hydrazine groups is 1. The summed E-state index contributed by atoms with van der Waals surface area (Å²) in [7, 11) is 0. The molecule has 2 nitrogen and oxygen atoms in total. The van der Waals surface area contributed by atoms with Crippen LogP contribution in [0.2, 0.25) is 0 Å². The van der Waals surface area contributed by atoms with Gasteiger partial charge in [-0.2, -0.15) is 0 Å². The van der Waals surface area contributed by atoms with E-state index in [2.05, 4.69) is 25.8 Å². The molecule has 4 fully saturated rings. The molecule has 0 aromatic rings. The highest BCUT2D eigenvalue weighted by molar-refractivity contribution is 5.08. The smallest absolute Gasteiger partial charge is 0.0365 e. The van der Waals surface area contributed by atoms with Gasteiger partial charge in [-0.1, -0.05) is 0 Å². The fourth-order valence-corrected chi connectivity index (χ4v) is 5.07. The molecule has 2 heteroatoms. The van der Waals surface area contributed by atoms with Gasteiger partial charge in [-0.05, 0) is 77.0 Å². The van der Waals surface area contributed by atoms with E-state index in [1.165, 1.54) is 38.5 Å². The monoisotopic (exact) mass is 222 g/mol. The molecule has 0 aromatic carbocycles. The van der Waals surface area contributed by atoms with Crippen molar-refractivity contribution in [3.05, 3.63) is 0 Å². The second-order valence-corrected chi connectivity index (χ2v) is 7.68. The Labute approximate surface area is 99.5 Å². The maximum Gasteiger partial charge on any atom is 0.0365 e. The molecule has 0 spiro atoms. The van der Waals surface area contributed by atoms with Crippen LogP contribution in [-0.4, -0.2) is 16.1 Å². The third-order valence-electron chi connectivity index (χ3n) is 5.24. The van der Waals surface area contributed by atoms with Crippen LogP contribution in [0.5, 0.6) is 0 Å². The lowest BCUT2D eigenvalue weighted by Crippen LogP contribution is -2.67. The molecule has 0 aromatic heterocycles. The van der Waals surface area contributed by atoms with Crippen molar-refractivity contribution in [2.24, 2.45) is 23.6 Å². The fraction of sp³-hybridized carbons (Fsp3) is 1.00. The minimum Gasteiger partial charge on any atom is -0.268 e. The van der Waals surface area contributed by atoms with Crippen LogP contribution in [0, 0.1) is 17.8 Å². The van der Waals surface area contributed by atoms with Gasteiger partial charge in [0.05, 0.1) is 0 Å². The Kier molecular flexibility index (Phi) is 2.23. The summed E-state index contributed by atoms with van der Waals surface area (Å²) in [6.45, 7) is 6.77. The number of nitrogens with zero attached hydrogens (tertiary/aromatic N) is 1. The summed E-state index contributed by atoms with van der Waals surface area (Å²) < 4.78 is 0. The van der Waals surface area contributed by atoms with Crippen molar-refractivity contribution in [1.29, 1.82) is 0 Å². The molecule has 0 unspecified atom stereocenters. The van der Waals surface area contributed by atoms with E-state index in [0.29, 0.717) is 5.54 Å². The molecule has 0 amide bonds. The van der Waals surface area contributed by atoms with Crippen molar-refractivity contribution in [1.82, 2.24) is 5.01 Å². The zero-order chi connectivity index (χ0) is 11.6. The molecule has 0 aliphatic heterocycles. The summed E-state index contributed by atoms with van der Waals surface area (Å²) in [6, 6.07) is 0. The molecule has 0 radical (unpaired) electrons. The van der Waals surface area contributed by atoms with Gasteiger partial charge in [0.25, 0.3) is 0 Å². The van der Waals surface area contributed by atoms with E-state index in [1.807, 2.05) is 0 Å². The molecule has 4 bridgehead atoms. The van der Waals surface area contributed by atoms with Crippen molar-refractivity contribution >= 4 is 0 Å². The molecule has 0 heterocycles. The predicted octanol–water partition coefficient (Wildman–Crippen LogP) is 2.93. The van der Waals surface area contributed by atoms with Crippen LogP contribution in [0.25, 0.3) is 0 Å². The molecular weight excluding hydrogens is 196 g/mol. The summed E-state index contributed by atoms with van der Waals surface area (Å²) in [5.74, 6) is 9.44. The van der Waals surface area contributed by atoms with E-state index in [1.54, 1.807) is 0 Å². The second-order valence-electron chi connectivity index (χ2n) is 7.68. The average Bonchev–Trinajstić information content (AvgIpc) is 2.12. The van der Waals surface area contributed by atoms with Gasteiger partial charge in [0, 0.05) is 11.1 Å². The molecule has 2 N–H and O–H groups in total. The van der Waals surface area contributed by atoms with Gasteiger partial charge in [0.2, 0.25) is 0 Å². The van der Waals surface area contributed by atoms with Gasteiger partial charge in [-0.3, -0.25) is 5.84 Å².